The van der Waals surface area contributed by atoms with Crippen LogP contribution in [-0.4, -0.2) is 25.7 Å². The molecule has 1 atom stereocenters. The minimum atomic E-state index is -0.138. The molecule has 0 aliphatic carbocycles. The van der Waals surface area contributed by atoms with Crippen LogP contribution in [0, 0.1) is 5.82 Å². The van der Waals surface area contributed by atoms with Gasteiger partial charge in [-0.15, -0.1) is 0 Å². The van der Waals surface area contributed by atoms with Crippen molar-refractivity contribution in [1.29, 1.82) is 0 Å². The molecular formula is C14H20BrFN2. The highest BCUT2D eigenvalue weighted by atomic mass is 79.9. The van der Waals surface area contributed by atoms with Crippen LogP contribution in [0.5, 0.6) is 0 Å². The highest BCUT2D eigenvalue weighted by molar-refractivity contribution is 9.10. The molecule has 2 rings (SSSR count). The van der Waals surface area contributed by atoms with Gasteiger partial charge in [-0.1, -0.05) is 13.0 Å². The van der Waals surface area contributed by atoms with Gasteiger partial charge < -0.3 is 10.2 Å². The van der Waals surface area contributed by atoms with E-state index in [-0.39, 0.29) is 5.82 Å². The Kier molecular flexibility index (Phi) is 5.01. The lowest BCUT2D eigenvalue weighted by atomic mass is 10.0. The first-order valence-electron chi connectivity index (χ1n) is 6.64. The second kappa shape index (κ2) is 6.53. The number of benzene rings is 1. The fourth-order valence-electron chi connectivity index (χ4n) is 2.49. The highest BCUT2D eigenvalue weighted by Crippen LogP contribution is 2.31. The normalized spacial score (nSPS) is 20.2. The Morgan fingerprint density at radius 3 is 3.06 bits per heavy atom. The lowest BCUT2D eigenvalue weighted by molar-refractivity contribution is 0.420. The number of hydrogen-bond acceptors (Lipinski definition) is 2. The van der Waals surface area contributed by atoms with Crippen molar-refractivity contribution in [3.8, 4) is 0 Å². The number of piperidine rings is 1. The summed E-state index contributed by atoms with van der Waals surface area (Å²) >= 11 is 3.45. The fraction of sp³-hybridized carbons (Fsp3) is 0.571. The van der Waals surface area contributed by atoms with Crippen molar-refractivity contribution in [1.82, 2.24) is 5.32 Å². The van der Waals surface area contributed by atoms with Crippen LogP contribution >= 0.6 is 15.9 Å². The highest BCUT2D eigenvalue weighted by Gasteiger charge is 2.22. The van der Waals surface area contributed by atoms with Crippen molar-refractivity contribution in [2.45, 2.75) is 32.2 Å². The van der Waals surface area contributed by atoms with Crippen molar-refractivity contribution in [3.05, 3.63) is 28.5 Å². The Morgan fingerprint density at radius 2 is 2.33 bits per heavy atom. The smallest absolute Gasteiger partial charge is 0.147 e. The summed E-state index contributed by atoms with van der Waals surface area (Å²) in [5.41, 5.74) is 0.709. The molecule has 4 heteroatoms. The number of para-hydroxylation sites is 1. The SMILES string of the molecule is CCCNC1CCCN(c2c(F)cccc2Br)C1. The molecule has 0 aromatic heterocycles. The van der Waals surface area contributed by atoms with Gasteiger partial charge in [0.15, 0.2) is 0 Å². The number of hydrogen-bond donors (Lipinski definition) is 1. The van der Waals surface area contributed by atoms with E-state index in [1.54, 1.807) is 6.07 Å². The summed E-state index contributed by atoms with van der Waals surface area (Å²) in [6, 6.07) is 5.65. The molecule has 1 aromatic rings. The van der Waals surface area contributed by atoms with E-state index < -0.39 is 0 Å². The fourth-order valence-corrected chi connectivity index (χ4v) is 3.08. The van der Waals surface area contributed by atoms with Crippen molar-refractivity contribution < 1.29 is 4.39 Å². The van der Waals surface area contributed by atoms with Gasteiger partial charge in [0.1, 0.15) is 5.82 Å². The maximum atomic E-state index is 13.9. The molecule has 1 unspecified atom stereocenters. The third-order valence-electron chi connectivity index (χ3n) is 3.36. The van der Waals surface area contributed by atoms with Gasteiger partial charge in [-0.3, -0.25) is 0 Å². The van der Waals surface area contributed by atoms with Crippen LogP contribution in [0.25, 0.3) is 0 Å². The maximum Gasteiger partial charge on any atom is 0.147 e. The van der Waals surface area contributed by atoms with Gasteiger partial charge >= 0.3 is 0 Å². The number of anilines is 1. The van der Waals surface area contributed by atoms with Crippen LogP contribution in [0.2, 0.25) is 0 Å². The zero-order valence-corrected chi connectivity index (χ0v) is 12.3. The van der Waals surface area contributed by atoms with Gasteiger partial charge in [0.05, 0.1) is 5.69 Å². The van der Waals surface area contributed by atoms with E-state index in [1.807, 2.05) is 6.07 Å². The monoisotopic (exact) mass is 314 g/mol. The minimum absolute atomic E-state index is 0.138. The van der Waals surface area contributed by atoms with E-state index in [1.165, 1.54) is 12.5 Å². The van der Waals surface area contributed by atoms with Crippen LogP contribution in [0.3, 0.4) is 0 Å². The second-order valence-corrected chi connectivity index (χ2v) is 5.66. The van der Waals surface area contributed by atoms with E-state index >= 15 is 0 Å². The molecule has 18 heavy (non-hydrogen) atoms. The molecule has 1 N–H and O–H groups in total. The molecule has 2 nitrogen and oxygen atoms in total. The molecule has 0 saturated carbocycles. The summed E-state index contributed by atoms with van der Waals surface area (Å²) in [6.45, 7) is 5.03. The molecule has 100 valence electrons. The van der Waals surface area contributed by atoms with E-state index in [9.17, 15) is 4.39 Å². The van der Waals surface area contributed by atoms with Crippen molar-refractivity contribution in [3.63, 3.8) is 0 Å². The van der Waals surface area contributed by atoms with Crippen LogP contribution in [0.1, 0.15) is 26.2 Å². The number of nitrogens with one attached hydrogen (secondary N) is 1. The summed E-state index contributed by atoms with van der Waals surface area (Å²) in [7, 11) is 0. The van der Waals surface area contributed by atoms with E-state index in [0.29, 0.717) is 11.7 Å². The first kappa shape index (κ1) is 13.8. The molecule has 0 amide bonds. The van der Waals surface area contributed by atoms with Gasteiger partial charge in [-0.05, 0) is 53.9 Å². The summed E-state index contributed by atoms with van der Waals surface area (Å²) in [5.74, 6) is -0.138. The van der Waals surface area contributed by atoms with Gasteiger partial charge in [0, 0.05) is 23.6 Å². The largest absolute Gasteiger partial charge is 0.367 e. The molecule has 0 spiro atoms. The van der Waals surface area contributed by atoms with Crippen LogP contribution in [0.4, 0.5) is 10.1 Å². The summed E-state index contributed by atoms with van der Waals surface area (Å²) in [5, 5.41) is 3.53. The zero-order valence-electron chi connectivity index (χ0n) is 10.8. The van der Waals surface area contributed by atoms with Crippen molar-refractivity contribution in [2.75, 3.05) is 24.5 Å². The first-order chi connectivity index (χ1) is 8.72. The lowest BCUT2D eigenvalue weighted by Gasteiger charge is -2.35. The Hall–Kier alpha value is -0.610. The molecule has 1 heterocycles. The molecule has 0 bridgehead atoms. The molecule has 0 radical (unpaired) electrons. The van der Waals surface area contributed by atoms with E-state index in [2.05, 4.69) is 33.1 Å². The summed E-state index contributed by atoms with van der Waals surface area (Å²) < 4.78 is 14.8. The molecule has 1 saturated heterocycles. The molecular weight excluding hydrogens is 295 g/mol. The standard InChI is InChI=1S/C14H20BrFN2/c1-2-8-17-11-5-4-9-18(10-11)14-12(15)6-3-7-13(14)16/h3,6-7,11,17H,2,4-5,8-10H2,1H3. The van der Waals surface area contributed by atoms with E-state index in [0.717, 1.165) is 36.9 Å². The number of halogens is 2. The lowest BCUT2D eigenvalue weighted by Crippen LogP contribution is -2.46. The Labute approximate surface area is 117 Å². The van der Waals surface area contributed by atoms with Gasteiger partial charge in [-0.2, -0.15) is 0 Å². The minimum Gasteiger partial charge on any atom is -0.367 e. The quantitative estimate of drug-likeness (QED) is 0.914. The summed E-state index contributed by atoms with van der Waals surface area (Å²) in [6.07, 6.45) is 3.44. The Bertz CT molecular complexity index is 377. The van der Waals surface area contributed by atoms with Gasteiger partial charge in [-0.25, -0.2) is 4.39 Å². The Morgan fingerprint density at radius 1 is 1.50 bits per heavy atom. The van der Waals surface area contributed by atoms with E-state index in [4.69, 9.17) is 0 Å². The number of rotatable bonds is 4. The van der Waals surface area contributed by atoms with Gasteiger partial charge in [0.2, 0.25) is 0 Å². The van der Waals surface area contributed by atoms with Crippen LogP contribution in [0.15, 0.2) is 22.7 Å². The third kappa shape index (κ3) is 3.23. The van der Waals surface area contributed by atoms with Crippen molar-refractivity contribution >= 4 is 21.6 Å². The van der Waals surface area contributed by atoms with Crippen LogP contribution in [-0.2, 0) is 0 Å². The number of nitrogens with zero attached hydrogens (tertiary/aromatic N) is 1. The van der Waals surface area contributed by atoms with Crippen LogP contribution < -0.4 is 10.2 Å². The summed E-state index contributed by atoms with van der Waals surface area (Å²) in [4.78, 5) is 2.15. The molecule has 1 fully saturated rings. The topological polar surface area (TPSA) is 15.3 Å². The predicted octanol–water partition coefficient (Wildman–Crippen LogP) is 3.56. The van der Waals surface area contributed by atoms with Crippen molar-refractivity contribution in [2.24, 2.45) is 0 Å². The average Bonchev–Trinajstić information content (AvgIpc) is 2.37. The third-order valence-corrected chi connectivity index (χ3v) is 4.00. The maximum absolute atomic E-state index is 13.9. The average molecular weight is 315 g/mol. The first-order valence-corrected chi connectivity index (χ1v) is 7.44. The Balaban J connectivity index is 2.08. The van der Waals surface area contributed by atoms with Gasteiger partial charge in [0.25, 0.3) is 0 Å². The second-order valence-electron chi connectivity index (χ2n) is 4.81. The predicted molar refractivity (Wildman–Crippen MR) is 77.6 cm³/mol. The molecule has 1 aliphatic heterocycles. The molecule has 1 aromatic carbocycles. The zero-order chi connectivity index (χ0) is 13.0. The molecule has 1 aliphatic rings.